The topological polar surface area (TPSA) is 101 Å². The molecular weight excluding hydrogens is 398 g/mol. The Kier molecular flexibility index (Phi) is 6.68. The Bertz CT molecular complexity index is 989. The Morgan fingerprint density at radius 1 is 1.16 bits per heavy atom. The summed E-state index contributed by atoms with van der Waals surface area (Å²) in [7, 11) is 1.60. The van der Waals surface area contributed by atoms with Crippen LogP contribution in [0.4, 0.5) is 0 Å². The van der Waals surface area contributed by atoms with E-state index in [1.165, 1.54) is 0 Å². The van der Waals surface area contributed by atoms with Crippen molar-refractivity contribution in [3.63, 3.8) is 0 Å². The zero-order chi connectivity index (χ0) is 22.7. The Balaban J connectivity index is 1.72. The first kappa shape index (κ1) is 22.4. The highest BCUT2D eigenvalue weighted by Gasteiger charge is 2.30. The van der Waals surface area contributed by atoms with E-state index >= 15 is 0 Å². The average Bonchev–Trinajstić information content (AvgIpc) is 3.06. The van der Waals surface area contributed by atoms with E-state index in [0.717, 1.165) is 17.1 Å². The number of carbonyl (C=O) groups excluding carboxylic acids is 2. The molecule has 166 valence electrons. The number of nitrogens with zero attached hydrogens (tertiary/aromatic N) is 2. The summed E-state index contributed by atoms with van der Waals surface area (Å²) in [6.45, 7) is 6.20. The summed E-state index contributed by atoms with van der Waals surface area (Å²) in [6, 6.07) is 8.67. The predicted molar refractivity (Wildman–Crippen MR) is 116 cm³/mol. The molecule has 1 atom stereocenters. The molecule has 2 amide bonds. The van der Waals surface area contributed by atoms with Crippen LogP contribution in [0.3, 0.4) is 0 Å². The monoisotopic (exact) mass is 427 g/mol. The third-order valence-electron chi connectivity index (χ3n) is 5.88. The molecule has 1 unspecified atom stereocenters. The maximum atomic E-state index is 13.0. The van der Waals surface area contributed by atoms with Gasteiger partial charge < -0.3 is 24.6 Å². The van der Waals surface area contributed by atoms with Gasteiger partial charge in [0.2, 0.25) is 5.91 Å². The van der Waals surface area contributed by atoms with Crippen molar-refractivity contribution in [3.8, 4) is 11.4 Å². The first-order chi connectivity index (χ1) is 14.7. The number of amides is 2. The number of carbonyl (C=O) groups is 3. The van der Waals surface area contributed by atoms with Crippen molar-refractivity contribution in [2.45, 2.75) is 39.7 Å². The van der Waals surface area contributed by atoms with Gasteiger partial charge in [-0.15, -0.1) is 0 Å². The fraction of sp³-hybridized carbons (Fsp3) is 0.435. The molecule has 0 aliphatic carbocycles. The van der Waals surface area contributed by atoms with E-state index in [1.807, 2.05) is 42.7 Å². The molecular formula is C23H29N3O5. The second-order valence-electron chi connectivity index (χ2n) is 7.93. The van der Waals surface area contributed by atoms with E-state index in [1.54, 1.807) is 25.0 Å². The normalized spacial score (nSPS) is 15.4. The van der Waals surface area contributed by atoms with Gasteiger partial charge in [-0.2, -0.15) is 0 Å². The zero-order valence-electron chi connectivity index (χ0n) is 18.3. The number of methoxy groups -OCH3 is 1. The van der Waals surface area contributed by atoms with Crippen LogP contribution in [0, 0.1) is 19.8 Å². The summed E-state index contributed by atoms with van der Waals surface area (Å²) in [5, 5.41) is 11.9. The van der Waals surface area contributed by atoms with E-state index in [9.17, 15) is 14.4 Å². The van der Waals surface area contributed by atoms with Crippen molar-refractivity contribution < 1.29 is 24.2 Å². The van der Waals surface area contributed by atoms with Crippen LogP contribution >= 0.6 is 0 Å². The van der Waals surface area contributed by atoms with Crippen molar-refractivity contribution >= 4 is 17.8 Å². The largest absolute Gasteiger partial charge is 0.495 e. The molecule has 0 radical (unpaired) electrons. The first-order valence-corrected chi connectivity index (χ1v) is 10.4. The number of benzene rings is 1. The van der Waals surface area contributed by atoms with Gasteiger partial charge in [0.15, 0.2) is 0 Å². The molecule has 0 saturated carbocycles. The van der Waals surface area contributed by atoms with Crippen molar-refractivity contribution in [1.29, 1.82) is 0 Å². The summed E-state index contributed by atoms with van der Waals surface area (Å²) in [4.78, 5) is 38.4. The second-order valence-corrected chi connectivity index (χ2v) is 7.93. The molecule has 1 saturated heterocycles. The lowest BCUT2D eigenvalue weighted by Gasteiger charge is -2.32. The van der Waals surface area contributed by atoms with E-state index in [4.69, 9.17) is 9.84 Å². The Labute approximate surface area is 181 Å². The summed E-state index contributed by atoms with van der Waals surface area (Å²) in [5.41, 5.74) is 2.96. The molecule has 2 heterocycles. The fourth-order valence-corrected chi connectivity index (χ4v) is 4.13. The lowest BCUT2D eigenvalue weighted by Crippen LogP contribution is -2.50. The van der Waals surface area contributed by atoms with Gasteiger partial charge in [0, 0.05) is 24.5 Å². The maximum Gasteiger partial charge on any atom is 0.306 e. The number of carboxylic acid groups (broad SMARTS) is 1. The number of rotatable bonds is 6. The van der Waals surface area contributed by atoms with Crippen LogP contribution < -0.4 is 10.1 Å². The third-order valence-corrected chi connectivity index (χ3v) is 5.88. The van der Waals surface area contributed by atoms with Crippen LogP contribution in [0.1, 0.15) is 41.5 Å². The third kappa shape index (κ3) is 4.57. The van der Waals surface area contributed by atoms with Gasteiger partial charge >= 0.3 is 5.97 Å². The van der Waals surface area contributed by atoms with Crippen molar-refractivity contribution in [2.24, 2.45) is 5.92 Å². The zero-order valence-corrected chi connectivity index (χ0v) is 18.3. The standard InChI is InChI=1S/C23H29N3O5/c1-14-13-18(16(3)26(14)19-7-5-6-8-20(19)31-4)21(27)24-15(2)22(28)25-11-9-17(10-12-25)23(29)30/h5-8,13,15,17H,9-12H2,1-4H3,(H,24,27)(H,29,30). The summed E-state index contributed by atoms with van der Waals surface area (Å²) < 4.78 is 7.41. The van der Waals surface area contributed by atoms with Gasteiger partial charge in [0.1, 0.15) is 11.8 Å². The Morgan fingerprint density at radius 3 is 2.42 bits per heavy atom. The van der Waals surface area contributed by atoms with E-state index in [-0.39, 0.29) is 11.8 Å². The molecule has 1 aliphatic heterocycles. The van der Waals surface area contributed by atoms with Crippen LogP contribution in [0.2, 0.25) is 0 Å². The second kappa shape index (κ2) is 9.24. The molecule has 1 aliphatic rings. The van der Waals surface area contributed by atoms with Gasteiger partial charge in [0.05, 0.1) is 24.3 Å². The van der Waals surface area contributed by atoms with Crippen LogP contribution in [0.25, 0.3) is 5.69 Å². The lowest BCUT2D eigenvalue weighted by molar-refractivity contribution is -0.146. The van der Waals surface area contributed by atoms with Crippen LogP contribution in [-0.4, -0.2) is 58.6 Å². The lowest BCUT2D eigenvalue weighted by atomic mass is 9.97. The molecule has 1 fully saturated rings. The number of hydrogen-bond donors (Lipinski definition) is 2. The van der Waals surface area contributed by atoms with Gasteiger partial charge in [-0.1, -0.05) is 12.1 Å². The van der Waals surface area contributed by atoms with Gasteiger partial charge in [-0.25, -0.2) is 0 Å². The predicted octanol–water partition coefficient (Wildman–Crippen LogP) is 2.54. The number of carboxylic acids is 1. The molecule has 0 spiro atoms. The molecule has 2 aromatic rings. The number of hydrogen-bond acceptors (Lipinski definition) is 4. The van der Waals surface area contributed by atoms with E-state index in [2.05, 4.69) is 5.32 Å². The molecule has 2 N–H and O–H groups in total. The summed E-state index contributed by atoms with van der Waals surface area (Å²) >= 11 is 0. The minimum atomic E-state index is -0.821. The molecule has 3 rings (SSSR count). The number of aliphatic carboxylic acids is 1. The van der Waals surface area contributed by atoms with Crippen molar-refractivity contribution in [2.75, 3.05) is 20.2 Å². The summed E-state index contributed by atoms with van der Waals surface area (Å²) in [6.07, 6.45) is 0.865. The maximum absolute atomic E-state index is 13.0. The minimum absolute atomic E-state index is 0.198. The quantitative estimate of drug-likeness (QED) is 0.738. The first-order valence-electron chi connectivity index (χ1n) is 10.4. The average molecular weight is 428 g/mol. The Morgan fingerprint density at radius 2 is 1.81 bits per heavy atom. The molecule has 1 aromatic heterocycles. The molecule has 8 nitrogen and oxygen atoms in total. The number of piperidine rings is 1. The number of nitrogens with one attached hydrogen (secondary N) is 1. The highest BCUT2D eigenvalue weighted by molar-refractivity contribution is 5.98. The highest BCUT2D eigenvalue weighted by atomic mass is 16.5. The van der Waals surface area contributed by atoms with Crippen LogP contribution in [0.5, 0.6) is 5.75 Å². The van der Waals surface area contributed by atoms with Crippen LogP contribution in [-0.2, 0) is 9.59 Å². The molecule has 8 heteroatoms. The smallest absolute Gasteiger partial charge is 0.306 e. The number of para-hydroxylation sites is 2. The van der Waals surface area contributed by atoms with Crippen LogP contribution in [0.15, 0.2) is 30.3 Å². The van der Waals surface area contributed by atoms with Gasteiger partial charge in [0.25, 0.3) is 5.91 Å². The SMILES string of the molecule is COc1ccccc1-n1c(C)cc(C(=O)NC(C)C(=O)N2CCC(C(=O)O)CC2)c1C. The summed E-state index contributed by atoms with van der Waals surface area (Å²) in [5.74, 6) is -1.05. The van der Waals surface area contributed by atoms with Gasteiger partial charge in [-0.3, -0.25) is 14.4 Å². The number of aryl methyl sites for hydroxylation is 1. The van der Waals surface area contributed by atoms with E-state index in [0.29, 0.717) is 37.2 Å². The number of aromatic nitrogens is 1. The molecule has 0 bridgehead atoms. The van der Waals surface area contributed by atoms with Gasteiger partial charge in [-0.05, 0) is 51.8 Å². The fourth-order valence-electron chi connectivity index (χ4n) is 4.13. The Hall–Kier alpha value is -3.29. The number of likely N-dealkylation sites (tertiary alicyclic amines) is 1. The number of ether oxygens (including phenoxy) is 1. The van der Waals surface area contributed by atoms with Crippen molar-refractivity contribution in [1.82, 2.24) is 14.8 Å². The van der Waals surface area contributed by atoms with E-state index < -0.39 is 17.9 Å². The minimum Gasteiger partial charge on any atom is -0.495 e. The highest BCUT2D eigenvalue weighted by Crippen LogP contribution is 2.28. The molecule has 31 heavy (non-hydrogen) atoms. The van der Waals surface area contributed by atoms with Crippen molar-refractivity contribution in [3.05, 3.63) is 47.3 Å². The molecule has 1 aromatic carbocycles.